The Bertz CT molecular complexity index is 470. The predicted molar refractivity (Wildman–Crippen MR) is 65.1 cm³/mol. The maximum atomic E-state index is 13.6. The molecule has 0 radical (unpaired) electrons. The first-order valence-electron chi connectivity index (χ1n) is 6.10. The number of anilines is 1. The molecule has 0 aromatic heterocycles. The summed E-state index contributed by atoms with van der Waals surface area (Å²) in [6.07, 6.45) is -3.90. The van der Waals surface area contributed by atoms with Crippen molar-refractivity contribution in [1.82, 2.24) is 0 Å². The molecule has 1 N–H and O–H groups in total. The molecule has 1 fully saturated rings. The highest BCUT2D eigenvalue weighted by atomic mass is 19.4. The summed E-state index contributed by atoms with van der Waals surface area (Å²) in [5.41, 5.74) is -1.55. The lowest BCUT2D eigenvalue weighted by atomic mass is 10.0. The van der Waals surface area contributed by atoms with Crippen LogP contribution in [-0.2, 0) is 15.7 Å². The van der Waals surface area contributed by atoms with Gasteiger partial charge in [-0.2, -0.15) is 13.2 Å². The van der Waals surface area contributed by atoms with Gasteiger partial charge in [0.05, 0.1) is 17.9 Å². The molecule has 0 saturated carbocycles. The summed E-state index contributed by atoms with van der Waals surface area (Å²) < 4.78 is 61.5. The zero-order chi connectivity index (χ0) is 14.8. The van der Waals surface area contributed by atoms with Crippen LogP contribution in [0.1, 0.15) is 12.0 Å². The summed E-state index contributed by atoms with van der Waals surface area (Å²) in [7, 11) is 1.53. The van der Waals surface area contributed by atoms with Crippen molar-refractivity contribution in [2.75, 3.05) is 32.2 Å². The molecule has 1 atom stereocenters. The van der Waals surface area contributed by atoms with Crippen molar-refractivity contribution in [3.63, 3.8) is 0 Å². The number of halogens is 4. The zero-order valence-corrected chi connectivity index (χ0v) is 10.9. The second kappa shape index (κ2) is 5.57. The van der Waals surface area contributed by atoms with E-state index in [1.807, 2.05) is 0 Å². The minimum absolute atomic E-state index is 0.0151. The normalized spacial score (nSPS) is 23.1. The Kier molecular flexibility index (Phi) is 4.19. The van der Waals surface area contributed by atoms with E-state index in [9.17, 15) is 17.6 Å². The maximum Gasteiger partial charge on any atom is 0.416 e. The van der Waals surface area contributed by atoms with Gasteiger partial charge in [-0.05, 0) is 18.2 Å². The average Bonchev–Trinajstić information content (AvgIpc) is 2.85. The molecule has 0 amide bonds. The number of nitrogens with one attached hydrogen (secondary N) is 1. The fourth-order valence-electron chi connectivity index (χ4n) is 2.05. The molecule has 1 aromatic rings. The van der Waals surface area contributed by atoms with Gasteiger partial charge in [-0.1, -0.05) is 0 Å². The summed E-state index contributed by atoms with van der Waals surface area (Å²) in [6, 6.07) is 2.40. The van der Waals surface area contributed by atoms with Crippen LogP contribution in [0.4, 0.5) is 23.2 Å². The molecule has 112 valence electrons. The average molecular weight is 293 g/mol. The first-order chi connectivity index (χ1) is 9.36. The molecule has 2 rings (SSSR count). The van der Waals surface area contributed by atoms with Gasteiger partial charge in [0.15, 0.2) is 0 Å². The fourth-order valence-corrected chi connectivity index (χ4v) is 2.05. The second-order valence-corrected chi connectivity index (χ2v) is 4.74. The molecular weight excluding hydrogens is 278 g/mol. The van der Waals surface area contributed by atoms with Gasteiger partial charge in [-0.3, -0.25) is 0 Å². The van der Waals surface area contributed by atoms with Gasteiger partial charge in [-0.25, -0.2) is 4.39 Å². The van der Waals surface area contributed by atoms with Crippen molar-refractivity contribution < 1.29 is 27.0 Å². The zero-order valence-electron chi connectivity index (χ0n) is 10.9. The Hall–Kier alpha value is -1.34. The van der Waals surface area contributed by atoms with Crippen molar-refractivity contribution in [1.29, 1.82) is 0 Å². The third-order valence-corrected chi connectivity index (χ3v) is 3.40. The van der Waals surface area contributed by atoms with Gasteiger partial charge >= 0.3 is 6.18 Å². The molecule has 0 spiro atoms. The number of alkyl halides is 3. The molecule has 3 nitrogen and oxygen atoms in total. The van der Waals surface area contributed by atoms with Crippen molar-refractivity contribution in [2.45, 2.75) is 18.2 Å². The van der Waals surface area contributed by atoms with E-state index in [1.165, 1.54) is 7.11 Å². The minimum Gasteiger partial charge on any atom is -0.380 e. The summed E-state index contributed by atoms with van der Waals surface area (Å²) >= 11 is 0. The van der Waals surface area contributed by atoms with Gasteiger partial charge in [0.25, 0.3) is 0 Å². The molecular formula is C13H15F4NO2. The Balaban J connectivity index is 2.07. The Morgan fingerprint density at radius 1 is 1.40 bits per heavy atom. The Labute approximate surface area is 113 Å². The summed E-state index contributed by atoms with van der Waals surface area (Å²) in [4.78, 5) is 0. The topological polar surface area (TPSA) is 30.5 Å². The lowest BCUT2D eigenvalue weighted by molar-refractivity contribution is -0.137. The van der Waals surface area contributed by atoms with Gasteiger partial charge in [0, 0.05) is 26.7 Å². The largest absolute Gasteiger partial charge is 0.416 e. The van der Waals surface area contributed by atoms with E-state index in [1.54, 1.807) is 0 Å². The van der Waals surface area contributed by atoms with E-state index in [-0.39, 0.29) is 12.2 Å². The molecule has 1 aliphatic rings. The van der Waals surface area contributed by atoms with Crippen LogP contribution < -0.4 is 5.32 Å². The van der Waals surface area contributed by atoms with Gasteiger partial charge in [0.2, 0.25) is 0 Å². The summed E-state index contributed by atoms with van der Waals surface area (Å²) in [5, 5.41) is 2.78. The third-order valence-electron chi connectivity index (χ3n) is 3.40. The van der Waals surface area contributed by atoms with Crippen LogP contribution in [0.25, 0.3) is 0 Å². The Morgan fingerprint density at radius 3 is 2.65 bits per heavy atom. The monoisotopic (exact) mass is 293 g/mol. The lowest BCUT2D eigenvalue weighted by Gasteiger charge is -2.26. The van der Waals surface area contributed by atoms with E-state index < -0.39 is 23.2 Å². The SMILES string of the molecule is COC1(CNc2ccc(C(F)(F)F)cc2F)CCOC1. The number of ether oxygens (including phenoxy) is 2. The molecule has 1 saturated heterocycles. The summed E-state index contributed by atoms with van der Waals surface area (Å²) in [6.45, 7) is 1.19. The molecule has 1 unspecified atom stereocenters. The van der Waals surface area contributed by atoms with Crippen molar-refractivity contribution in [3.05, 3.63) is 29.6 Å². The van der Waals surface area contributed by atoms with Gasteiger partial charge in [-0.15, -0.1) is 0 Å². The highest BCUT2D eigenvalue weighted by Crippen LogP contribution is 2.31. The smallest absolute Gasteiger partial charge is 0.380 e. The van der Waals surface area contributed by atoms with E-state index >= 15 is 0 Å². The molecule has 20 heavy (non-hydrogen) atoms. The number of hydrogen-bond acceptors (Lipinski definition) is 3. The van der Waals surface area contributed by atoms with Crippen LogP contribution in [-0.4, -0.2) is 32.5 Å². The number of benzene rings is 1. The standard InChI is InChI=1S/C13H15F4NO2/c1-19-12(4-5-20-8-12)7-18-11-3-2-9(6-10(11)14)13(15,16)17/h2-3,6,18H,4-5,7-8H2,1H3. The minimum atomic E-state index is -4.55. The highest BCUT2D eigenvalue weighted by molar-refractivity contribution is 5.47. The quantitative estimate of drug-likeness (QED) is 0.865. The van der Waals surface area contributed by atoms with Crippen LogP contribution in [0, 0.1) is 5.82 Å². The van der Waals surface area contributed by atoms with Crippen molar-refractivity contribution in [2.24, 2.45) is 0 Å². The molecule has 1 aliphatic heterocycles. The molecule has 0 aliphatic carbocycles. The molecule has 1 heterocycles. The van der Waals surface area contributed by atoms with Crippen LogP contribution in [0.2, 0.25) is 0 Å². The predicted octanol–water partition coefficient (Wildman–Crippen LogP) is 3.06. The van der Waals surface area contributed by atoms with E-state index in [0.717, 1.165) is 12.1 Å². The number of rotatable bonds is 4. The van der Waals surface area contributed by atoms with Crippen LogP contribution in [0.15, 0.2) is 18.2 Å². The van der Waals surface area contributed by atoms with Crippen LogP contribution in [0.5, 0.6) is 0 Å². The lowest BCUT2D eigenvalue weighted by Crippen LogP contribution is -2.39. The van der Waals surface area contributed by atoms with Crippen LogP contribution >= 0.6 is 0 Å². The molecule has 7 heteroatoms. The fraction of sp³-hybridized carbons (Fsp3) is 0.538. The van der Waals surface area contributed by atoms with Crippen molar-refractivity contribution in [3.8, 4) is 0 Å². The number of methoxy groups -OCH3 is 1. The van der Waals surface area contributed by atoms with E-state index in [4.69, 9.17) is 9.47 Å². The van der Waals surface area contributed by atoms with E-state index in [2.05, 4.69) is 5.32 Å². The van der Waals surface area contributed by atoms with Crippen LogP contribution in [0.3, 0.4) is 0 Å². The Morgan fingerprint density at radius 2 is 2.15 bits per heavy atom. The highest BCUT2D eigenvalue weighted by Gasteiger charge is 2.35. The summed E-state index contributed by atoms with van der Waals surface area (Å²) in [5.74, 6) is -0.940. The second-order valence-electron chi connectivity index (χ2n) is 4.74. The first-order valence-corrected chi connectivity index (χ1v) is 6.10. The first kappa shape index (κ1) is 15.1. The number of hydrogen-bond donors (Lipinski definition) is 1. The van der Waals surface area contributed by atoms with Crippen molar-refractivity contribution >= 4 is 5.69 Å². The van der Waals surface area contributed by atoms with Gasteiger partial charge in [0.1, 0.15) is 11.4 Å². The van der Waals surface area contributed by atoms with E-state index in [0.29, 0.717) is 25.7 Å². The molecule has 0 bridgehead atoms. The maximum absolute atomic E-state index is 13.6. The van der Waals surface area contributed by atoms with Gasteiger partial charge < -0.3 is 14.8 Å². The molecule has 1 aromatic carbocycles. The third kappa shape index (κ3) is 3.21.